The predicted molar refractivity (Wildman–Crippen MR) is 104 cm³/mol. The Morgan fingerprint density at radius 3 is 2.89 bits per heavy atom. The van der Waals surface area contributed by atoms with Gasteiger partial charge in [0.25, 0.3) is 5.91 Å². The molecule has 5 nitrogen and oxygen atoms in total. The Hall–Kier alpha value is -2.79. The van der Waals surface area contributed by atoms with Crippen molar-refractivity contribution in [1.82, 2.24) is 14.8 Å². The number of hydrogen-bond acceptors (Lipinski definition) is 3. The van der Waals surface area contributed by atoms with Crippen molar-refractivity contribution in [2.75, 3.05) is 6.54 Å². The minimum Gasteiger partial charge on any atom is -0.467 e. The molecule has 0 bridgehead atoms. The van der Waals surface area contributed by atoms with E-state index in [4.69, 9.17) is 4.42 Å². The van der Waals surface area contributed by atoms with Crippen molar-refractivity contribution >= 4 is 5.91 Å². The Morgan fingerprint density at radius 1 is 1.22 bits per heavy atom. The van der Waals surface area contributed by atoms with Gasteiger partial charge in [0.1, 0.15) is 11.5 Å². The minimum atomic E-state index is -0.0615. The summed E-state index contributed by atoms with van der Waals surface area (Å²) in [5, 5.41) is 2.94. The van der Waals surface area contributed by atoms with E-state index in [1.165, 1.54) is 22.4 Å². The van der Waals surface area contributed by atoms with E-state index in [-0.39, 0.29) is 5.91 Å². The first kappa shape index (κ1) is 17.6. The zero-order valence-electron chi connectivity index (χ0n) is 15.9. The van der Waals surface area contributed by atoms with Crippen molar-refractivity contribution in [2.24, 2.45) is 7.05 Å². The van der Waals surface area contributed by atoms with Crippen LogP contribution in [-0.4, -0.2) is 21.9 Å². The van der Waals surface area contributed by atoms with E-state index in [1.54, 1.807) is 6.26 Å². The van der Waals surface area contributed by atoms with Gasteiger partial charge in [-0.25, -0.2) is 0 Å². The lowest BCUT2D eigenvalue weighted by Gasteiger charge is -2.27. The highest BCUT2D eigenvalue weighted by atomic mass is 16.3. The number of furan rings is 1. The highest BCUT2D eigenvalue weighted by molar-refractivity contribution is 5.93. The van der Waals surface area contributed by atoms with Gasteiger partial charge in [-0.3, -0.25) is 9.69 Å². The Bertz CT molecular complexity index is 941. The van der Waals surface area contributed by atoms with Crippen LogP contribution in [0.4, 0.5) is 0 Å². The number of rotatable bonds is 5. The summed E-state index contributed by atoms with van der Waals surface area (Å²) in [7, 11) is 1.98. The number of carbonyl (C=O) groups is 1. The summed E-state index contributed by atoms with van der Waals surface area (Å²) in [6.45, 7) is 5.36. The van der Waals surface area contributed by atoms with Crippen LogP contribution in [-0.2, 0) is 33.1 Å². The Balaban J connectivity index is 1.44. The van der Waals surface area contributed by atoms with E-state index in [2.05, 4.69) is 41.4 Å². The maximum Gasteiger partial charge on any atom is 0.268 e. The largest absolute Gasteiger partial charge is 0.467 e. The second-order valence-electron chi connectivity index (χ2n) is 7.27. The van der Waals surface area contributed by atoms with Crippen molar-refractivity contribution in [3.63, 3.8) is 0 Å². The van der Waals surface area contributed by atoms with E-state index >= 15 is 0 Å². The van der Waals surface area contributed by atoms with Crippen molar-refractivity contribution in [3.05, 3.63) is 82.6 Å². The van der Waals surface area contributed by atoms with Gasteiger partial charge in [-0.05, 0) is 36.2 Å². The molecule has 3 aromatic rings. The maximum atomic E-state index is 12.6. The lowest BCUT2D eigenvalue weighted by atomic mass is 10.1. The molecule has 1 amide bonds. The van der Waals surface area contributed by atoms with Gasteiger partial charge in [-0.15, -0.1) is 0 Å². The van der Waals surface area contributed by atoms with Gasteiger partial charge in [0.05, 0.1) is 12.8 Å². The van der Waals surface area contributed by atoms with Gasteiger partial charge in [-0.1, -0.05) is 29.8 Å². The number of nitrogens with zero attached hydrogens (tertiary/aromatic N) is 2. The molecule has 0 fully saturated rings. The highest BCUT2D eigenvalue weighted by Gasteiger charge is 2.23. The first-order chi connectivity index (χ1) is 13.1. The van der Waals surface area contributed by atoms with Crippen LogP contribution in [0.1, 0.15) is 38.6 Å². The number of aromatic nitrogens is 1. The topological polar surface area (TPSA) is 50.4 Å². The summed E-state index contributed by atoms with van der Waals surface area (Å²) < 4.78 is 7.32. The van der Waals surface area contributed by atoms with Crippen LogP contribution in [0.2, 0.25) is 0 Å². The number of carbonyl (C=O) groups excluding carboxylic acids is 1. The fraction of sp³-hybridized carbons (Fsp3) is 0.318. The lowest BCUT2D eigenvalue weighted by Crippen LogP contribution is -2.30. The molecule has 2 aromatic heterocycles. The molecule has 4 rings (SSSR count). The minimum absolute atomic E-state index is 0.0615. The number of amides is 1. The third-order valence-corrected chi connectivity index (χ3v) is 5.23. The summed E-state index contributed by atoms with van der Waals surface area (Å²) in [6.07, 6.45) is 2.58. The van der Waals surface area contributed by atoms with Gasteiger partial charge in [0, 0.05) is 38.8 Å². The lowest BCUT2D eigenvalue weighted by molar-refractivity contribution is 0.0939. The molecule has 5 heteroatoms. The molecule has 3 heterocycles. The molecule has 0 radical (unpaired) electrons. The quantitative estimate of drug-likeness (QED) is 0.756. The monoisotopic (exact) mass is 363 g/mol. The summed E-state index contributed by atoms with van der Waals surface area (Å²) >= 11 is 0. The molecule has 1 aromatic carbocycles. The zero-order valence-corrected chi connectivity index (χ0v) is 15.9. The van der Waals surface area contributed by atoms with Gasteiger partial charge < -0.3 is 14.3 Å². The van der Waals surface area contributed by atoms with Crippen LogP contribution in [0.3, 0.4) is 0 Å². The molecular formula is C22H25N3O2. The number of benzene rings is 1. The molecule has 0 saturated carbocycles. The van der Waals surface area contributed by atoms with Gasteiger partial charge in [0.15, 0.2) is 0 Å². The van der Waals surface area contributed by atoms with Gasteiger partial charge in [0.2, 0.25) is 0 Å². The second kappa shape index (κ2) is 7.45. The number of fused-ring (bicyclic) bond motifs is 1. The molecular weight excluding hydrogens is 338 g/mol. The smallest absolute Gasteiger partial charge is 0.268 e. The summed E-state index contributed by atoms with van der Waals surface area (Å²) in [5.74, 6) is 0.695. The van der Waals surface area contributed by atoms with Gasteiger partial charge in [-0.2, -0.15) is 0 Å². The summed E-state index contributed by atoms with van der Waals surface area (Å²) in [4.78, 5) is 15.0. The van der Waals surface area contributed by atoms with Crippen molar-refractivity contribution in [3.8, 4) is 0 Å². The second-order valence-corrected chi connectivity index (χ2v) is 7.27. The van der Waals surface area contributed by atoms with E-state index in [0.717, 1.165) is 31.8 Å². The van der Waals surface area contributed by atoms with Crippen molar-refractivity contribution in [2.45, 2.75) is 33.0 Å². The fourth-order valence-electron chi connectivity index (χ4n) is 3.85. The predicted octanol–water partition coefficient (Wildman–Crippen LogP) is 3.41. The maximum absolute atomic E-state index is 12.6. The molecule has 0 spiro atoms. The molecule has 1 N–H and O–H groups in total. The SMILES string of the molecule is Cc1cccc(CN2CCc3c(cc(C(=O)NCc4ccco4)n3C)C2)c1. The highest BCUT2D eigenvalue weighted by Crippen LogP contribution is 2.24. The van der Waals surface area contributed by atoms with Gasteiger partial charge >= 0.3 is 0 Å². The van der Waals surface area contributed by atoms with E-state index in [9.17, 15) is 4.79 Å². The van der Waals surface area contributed by atoms with Crippen LogP contribution >= 0.6 is 0 Å². The molecule has 0 unspecified atom stereocenters. The van der Waals surface area contributed by atoms with Crippen LogP contribution in [0.15, 0.2) is 53.1 Å². The fourth-order valence-corrected chi connectivity index (χ4v) is 3.85. The van der Waals surface area contributed by atoms with Crippen LogP contribution in [0.25, 0.3) is 0 Å². The standard InChI is InChI=1S/C22H25N3O2/c1-16-5-3-6-17(11-16)14-25-9-8-20-18(15-25)12-21(24(20)2)22(26)23-13-19-7-4-10-27-19/h3-7,10-12H,8-9,13-15H2,1-2H3,(H,23,26). The number of aryl methyl sites for hydroxylation is 1. The number of nitrogens with one attached hydrogen (secondary N) is 1. The summed E-state index contributed by atoms with van der Waals surface area (Å²) in [6, 6.07) is 14.4. The first-order valence-corrected chi connectivity index (χ1v) is 9.36. The normalized spacial score (nSPS) is 14.1. The van der Waals surface area contributed by atoms with Crippen LogP contribution in [0.5, 0.6) is 0 Å². The Kier molecular flexibility index (Phi) is 4.86. The molecule has 0 atom stereocenters. The Morgan fingerprint density at radius 2 is 2.11 bits per heavy atom. The molecule has 140 valence electrons. The van der Waals surface area contributed by atoms with Crippen molar-refractivity contribution in [1.29, 1.82) is 0 Å². The third kappa shape index (κ3) is 3.83. The van der Waals surface area contributed by atoms with Crippen molar-refractivity contribution < 1.29 is 9.21 Å². The van der Waals surface area contributed by atoms with Crippen LogP contribution in [0, 0.1) is 6.92 Å². The first-order valence-electron chi connectivity index (χ1n) is 9.36. The zero-order chi connectivity index (χ0) is 18.8. The molecule has 27 heavy (non-hydrogen) atoms. The number of hydrogen-bond donors (Lipinski definition) is 1. The van der Waals surface area contributed by atoms with E-state index in [0.29, 0.717) is 12.2 Å². The Labute approximate surface area is 159 Å². The van der Waals surface area contributed by atoms with Crippen LogP contribution < -0.4 is 5.32 Å². The molecule has 0 aliphatic carbocycles. The summed E-state index contributed by atoms with van der Waals surface area (Å²) in [5.41, 5.74) is 5.85. The third-order valence-electron chi connectivity index (χ3n) is 5.23. The average Bonchev–Trinajstić information content (AvgIpc) is 3.28. The molecule has 1 aliphatic rings. The molecule has 0 saturated heterocycles. The van der Waals surface area contributed by atoms with E-state index in [1.807, 2.05) is 29.8 Å². The average molecular weight is 363 g/mol. The molecule has 1 aliphatic heterocycles. The van der Waals surface area contributed by atoms with E-state index < -0.39 is 0 Å².